The highest BCUT2D eigenvalue weighted by molar-refractivity contribution is 5.92. The Morgan fingerprint density at radius 1 is 1.47 bits per heavy atom. The first-order valence-electron chi connectivity index (χ1n) is 5.62. The van der Waals surface area contributed by atoms with Gasteiger partial charge in [-0.25, -0.2) is 0 Å². The van der Waals surface area contributed by atoms with Crippen molar-refractivity contribution in [3.05, 3.63) is 34.2 Å². The van der Waals surface area contributed by atoms with Crippen molar-refractivity contribution >= 4 is 5.91 Å². The lowest BCUT2D eigenvalue weighted by Crippen LogP contribution is -2.36. The molecule has 0 saturated heterocycles. The van der Waals surface area contributed by atoms with E-state index in [2.05, 4.69) is 10.3 Å². The van der Waals surface area contributed by atoms with E-state index in [1.807, 2.05) is 13.8 Å². The number of hydrogen-bond donors (Lipinski definition) is 3. The molecule has 1 rings (SSSR count). The second-order valence-electron chi connectivity index (χ2n) is 4.81. The zero-order chi connectivity index (χ0) is 12.9. The van der Waals surface area contributed by atoms with Crippen LogP contribution in [0.2, 0.25) is 0 Å². The van der Waals surface area contributed by atoms with Gasteiger partial charge in [-0.2, -0.15) is 0 Å². The molecule has 0 aromatic carbocycles. The average molecular weight is 237 g/mol. The molecule has 1 aromatic rings. The Kier molecular flexibility index (Phi) is 4.45. The Morgan fingerprint density at radius 3 is 2.76 bits per heavy atom. The molecule has 94 valence electrons. The average Bonchev–Trinajstić information content (AvgIpc) is 2.26. The van der Waals surface area contributed by atoms with E-state index in [0.717, 1.165) is 6.42 Å². The second kappa shape index (κ2) is 5.63. The summed E-state index contributed by atoms with van der Waals surface area (Å²) >= 11 is 0. The highest BCUT2D eigenvalue weighted by atomic mass is 16.2. The monoisotopic (exact) mass is 237 g/mol. The van der Waals surface area contributed by atoms with E-state index in [4.69, 9.17) is 5.73 Å². The summed E-state index contributed by atoms with van der Waals surface area (Å²) in [6, 6.07) is 4.50. The fraction of sp³-hybridized carbons (Fsp3) is 0.500. The third-order valence-corrected chi connectivity index (χ3v) is 2.56. The summed E-state index contributed by atoms with van der Waals surface area (Å²) in [5.41, 5.74) is 5.45. The van der Waals surface area contributed by atoms with Gasteiger partial charge in [0.15, 0.2) is 0 Å². The lowest BCUT2D eigenvalue weighted by Gasteiger charge is -2.24. The van der Waals surface area contributed by atoms with E-state index in [1.54, 1.807) is 12.1 Å². The van der Waals surface area contributed by atoms with Gasteiger partial charge in [0.25, 0.3) is 5.91 Å². The lowest BCUT2D eigenvalue weighted by atomic mass is 9.89. The molecule has 0 saturated carbocycles. The summed E-state index contributed by atoms with van der Waals surface area (Å²) in [7, 11) is 0. The predicted molar refractivity (Wildman–Crippen MR) is 66.8 cm³/mol. The number of carbonyl (C=O) groups is 1. The van der Waals surface area contributed by atoms with Crippen LogP contribution in [-0.2, 0) is 0 Å². The van der Waals surface area contributed by atoms with Crippen LogP contribution >= 0.6 is 0 Å². The first kappa shape index (κ1) is 13.4. The van der Waals surface area contributed by atoms with Crippen LogP contribution in [0.5, 0.6) is 0 Å². The summed E-state index contributed by atoms with van der Waals surface area (Å²) in [6.45, 7) is 5.19. The molecule has 0 atom stereocenters. The smallest absolute Gasteiger partial charge is 0.267 e. The highest BCUT2D eigenvalue weighted by Gasteiger charge is 2.18. The van der Waals surface area contributed by atoms with Crippen molar-refractivity contribution < 1.29 is 4.79 Å². The number of carbonyl (C=O) groups excluding carboxylic acids is 1. The Bertz CT molecular complexity index is 437. The van der Waals surface area contributed by atoms with Crippen molar-refractivity contribution in [2.45, 2.75) is 20.3 Å². The standard InChI is InChI=1S/C12H19N3O2/c1-12(2,6-7-13)8-14-11(17)9-4-3-5-10(16)15-9/h3-5H,6-8,13H2,1-2H3,(H,14,17)(H,15,16). The molecule has 1 aromatic heterocycles. The molecular formula is C12H19N3O2. The zero-order valence-corrected chi connectivity index (χ0v) is 10.2. The summed E-state index contributed by atoms with van der Waals surface area (Å²) in [4.78, 5) is 25.3. The minimum Gasteiger partial charge on any atom is -0.350 e. The van der Waals surface area contributed by atoms with E-state index < -0.39 is 0 Å². The second-order valence-corrected chi connectivity index (χ2v) is 4.81. The van der Waals surface area contributed by atoms with Crippen LogP contribution in [0.1, 0.15) is 30.8 Å². The van der Waals surface area contributed by atoms with Crippen LogP contribution in [-0.4, -0.2) is 24.0 Å². The molecule has 4 N–H and O–H groups in total. The van der Waals surface area contributed by atoms with E-state index in [0.29, 0.717) is 13.1 Å². The van der Waals surface area contributed by atoms with Gasteiger partial charge in [-0.15, -0.1) is 0 Å². The van der Waals surface area contributed by atoms with Gasteiger partial charge in [0, 0.05) is 12.6 Å². The first-order valence-corrected chi connectivity index (χ1v) is 5.62. The number of H-pyrrole nitrogens is 1. The zero-order valence-electron chi connectivity index (χ0n) is 10.2. The van der Waals surface area contributed by atoms with Gasteiger partial charge in [-0.05, 0) is 24.4 Å². The number of pyridine rings is 1. The quantitative estimate of drug-likeness (QED) is 0.696. The highest BCUT2D eigenvalue weighted by Crippen LogP contribution is 2.17. The number of aromatic amines is 1. The third-order valence-electron chi connectivity index (χ3n) is 2.56. The van der Waals surface area contributed by atoms with Crippen molar-refractivity contribution in [1.82, 2.24) is 10.3 Å². The van der Waals surface area contributed by atoms with Gasteiger partial charge >= 0.3 is 0 Å². The Morgan fingerprint density at radius 2 is 2.18 bits per heavy atom. The van der Waals surface area contributed by atoms with E-state index in [1.165, 1.54) is 6.07 Å². The summed E-state index contributed by atoms with van der Waals surface area (Å²) in [6.07, 6.45) is 0.832. The van der Waals surface area contributed by atoms with Crippen LogP contribution in [0, 0.1) is 5.41 Å². The summed E-state index contributed by atoms with van der Waals surface area (Å²) in [5.74, 6) is -0.271. The fourth-order valence-electron chi connectivity index (χ4n) is 1.47. The van der Waals surface area contributed by atoms with Crippen molar-refractivity contribution in [2.24, 2.45) is 11.1 Å². The molecule has 0 aliphatic carbocycles. The number of nitrogens with one attached hydrogen (secondary N) is 2. The van der Waals surface area contributed by atoms with E-state index in [-0.39, 0.29) is 22.6 Å². The van der Waals surface area contributed by atoms with E-state index >= 15 is 0 Å². The van der Waals surface area contributed by atoms with Gasteiger partial charge in [-0.1, -0.05) is 19.9 Å². The molecule has 1 amide bonds. The topological polar surface area (TPSA) is 88.0 Å². The molecular weight excluding hydrogens is 218 g/mol. The summed E-state index contributed by atoms with van der Waals surface area (Å²) in [5, 5.41) is 2.79. The van der Waals surface area contributed by atoms with Gasteiger partial charge < -0.3 is 16.0 Å². The number of aromatic nitrogens is 1. The molecule has 0 radical (unpaired) electrons. The van der Waals surface area contributed by atoms with Crippen molar-refractivity contribution in [3.63, 3.8) is 0 Å². The van der Waals surface area contributed by atoms with Crippen molar-refractivity contribution in [3.8, 4) is 0 Å². The SMILES string of the molecule is CC(C)(CCN)CNC(=O)c1cccc(=O)[nH]1. The summed E-state index contributed by atoms with van der Waals surface area (Å²) < 4.78 is 0. The van der Waals surface area contributed by atoms with Crippen molar-refractivity contribution in [1.29, 1.82) is 0 Å². The Balaban J connectivity index is 2.59. The number of amides is 1. The number of hydrogen-bond acceptors (Lipinski definition) is 3. The van der Waals surface area contributed by atoms with Crippen molar-refractivity contribution in [2.75, 3.05) is 13.1 Å². The van der Waals surface area contributed by atoms with Crippen LogP contribution in [0.3, 0.4) is 0 Å². The number of nitrogens with two attached hydrogens (primary N) is 1. The normalized spacial score (nSPS) is 11.2. The Labute approximate surface area is 100 Å². The van der Waals surface area contributed by atoms with Crippen LogP contribution in [0.15, 0.2) is 23.0 Å². The molecule has 0 bridgehead atoms. The van der Waals surface area contributed by atoms with Crippen LogP contribution < -0.4 is 16.6 Å². The molecule has 0 aliphatic rings. The maximum Gasteiger partial charge on any atom is 0.267 e. The minimum atomic E-state index is -0.279. The van der Waals surface area contributed by atoms with Gasteiger partial charge in [0.1, 0.15) is 5.69 Å². The molecule has 1 heterocycles. The maximum absolute atomic E-state index is 11.7. The molecule has 0 spiro atoms. The van der Waals surface area contributed by atoms with Crippen LogP contribution in [0.25, 0.3) is 0 Å². The number of rotatable bonds is 5. The van der Waals surface area contributed by atoms with Crippen LogP contribution in [0.4, 0.5) is 0 Å². The molecule has 17 heavy (non-hydrogen) atoms. The van der Waals surface area contributed by atoms with E-state index in [9.17, 15) is 9.59 Å². The third kappa shape index (κ3) is 4.40. The largest absolute Gasteiger partial charge is 0.350 e. The maximum atomic E-state index is 11.7. The first-order chi connectivity index (χ1) is 7.94. The van der Waals surface area contributed by atoms with Gasteiger partial charge in [-0.3, -0.25) is 9.59 Å². The molecule has 5 heteroatoms. The van der Waals surface area contributed by atoms with Gasteiger partial charge in [0.2, 0.25) is 5.56 Å². The molecule has 0 aliphatic heterocycles. The minimum absolute atomic E-state index is 0.0422. The molecule has 5 nitrogen and oxygen atoms in total. The molecule has 0 unspecified atom stereocenters. The molecule has 0 fully saturated rings. The van der Waals surface area contributed by atoms with Gasteiger partial charge in [0.05, 0.1) is 0 Å². The Hall–Kier alpha value is -1.62. The fourth-order valence-corrected chi connectivity index (χ4v) is 1.47. The predicted octanol–water partition coefficient (Wildman–Crippen LogP) is 0.480. The lowest BCUT2D eigenvalue weighted by molar-refractivity contribution is 0.0930.